The van der Waals surface area contributed by atoms with Crippen molar-refractivity contribution in [3.63, 3.8) is 0 Å². The third-order valence-electron chi connectivity index (χ3n) is 5.02. The Kier molecular flexibility index (Phi) is 9.53. The quantitative estimate of drug-likeness (QED) is 0.227. The molecule has 0 saturated heterocycles. The molecule has 6 heteroatoms. The third-order valence-corrected chi connectivity index (χ3v) is 5.02. The van der Waals surface area contributed by atoms with Gasteiger partial charge in [-0.1, -0.05) is 38.6 Å². The van der Waals surface area contributed by atoms with E-state index in [1.54, 1.807) is 36.8 Å². The monoisotopic (exact) mass is 477 g/mol. The van der Waals surface area contributed by atoms with E-state index in [4.69, 9.17) is 0 Å². The van der Waals surface area contributed by atoms with Crippen LogP contribution >= 0.6 is 0 Å². The van der Waals surface area contributed by atoms with E-state index in [2.05, 4.69) is 32.5 Å². The standard InChI is InChI=1S/C28H25N5O.C2H6/c1-3-6-21(7-4-2)31-23-8-5-9-24(18-23)33-28(34)20-10-12-22(13-11-20)32-27-15-17-30-26-14-16-29-19-25(26)27;1-2/h3-19,31H,1H2,2H3,(H,30,32)(H,33,34);1-2H3/b7-4-,21-6+;. The Hall–Kier alpha value is -4.71. The SMILES string of the molecule is C=C/C=C(\C=C/C)Nc1cccc(NC(=O)c2ccc(Nc3ccnc4ccncc34)cc2)c1.CC. The van der Waals surface area contributed by atoms with Gasteiger partial charge in [0.05, 0.1) is 11.2 Å². The topological polar surface area (TPSA) is 78.9 Å². The molecule has 0 aliphatic rings. The summed E-state index contributed by atoms with van der Waals surface area (Å²) in [6.45, 7) is 9.69. The molecule has 4 rings (SSSR count). The van der Waals surface area contributed by atoms with Crippen LogP contribution in [0.25, 0.3) is 10.9 Å². The molecule has 0 unspecified atom stereocenters. The Morgan fingerprint density at radius 1 is 0.917 bits per heavy atom. The van der Waals surface area contributed by atoms with Crippen LogP contribution in [-0.4, -0.2) is 15.9 Å². The molecule has 0 saturated carbocycles. The van der Waals surface area contributed by atoms with Crippen LogP contribution in [0.2, 0.25) is 0 Å². The number of rotatable bonds is 8. The van der Waals surface area contributed by atoms with Crippen LogP contribution in [-0.2, 0) is 0 Å². The smallest absolute Gasteiger partial charge is 0.255 e. The highest BCUT2D eigenvalue weighted by molar-refractivity contribution is 6.04. The van der Waals surface area contributed by atoms with Crippen molar-refractivity contribution >= 4 is 39.6 Å². The fourth-order valence-electron chi connectivity index (χ4n) is 3.45. The number of carbonyl (C=O) groups is 1. The van der Waals surface area contributed by atoms with Crippen molar-refractivity contribution in [2.24, 2.45) is 0 Å². The normalized spacial score (nSPS) is 10.9. The summed E-state index contributed by atoms with van der Waals surface area (Å²) >= 11 is 0. The van der Waals surface area contributed by atoms with Gasteiger partial charge in [0.2, 0.25) is 0 Å². The summed E-state index contributed by atoms with van der Waals surface area (Å²) in [5.41, 5.74) is 5.67. The average Bonchev–Trinajstić information content (AvgIpc) is 2.91. The molecular formula is C30H31N5O. The molecule has 182 valence electrons. The summed E-state index contributed by atoms with van der Waals surface area (Å²) in [5.74, 6) is -0.183. The highest BCUT2D eigenvalue weighted by atomic mass is 16.1. The van der Waals surface area contributed by atoms with E-state index in [1.807, 2.05) is 87.5 Å². The van der Waals surface area contributed by atoms with Gasteiger partial charge in [-0.15, -0.1) is 0 Å². The molecule has 0 radical (unpaired) electrons. The molecule has 0 aliphatic carbocycles. The second-order valence-electron chi connectivity index (χ2n) is 7.47. The van der Waals surface area contributed by atoms with E-state index < -0.39 is 0 Å². The molecule has 0 atom stereocenters. The molecule has 3 N–H and O–H groups in total. The molecule has 0 aliphatic heterocycles. The largest absolute Gasteiger partial charge is 0.355 e. The van der Waals surface area contributed by atoms with Crippen LogP contribution in [0.5, 0.6) is 0 Å². The minimum atomic E-state index is -0.183. The zero-order valence-electron chi connectivity index (χ0n) is 20.8. The van der Waals surface area contributed by atoms with E-state index >= 15 is 0 Å². The summed E-state index contributed by atoms with van der Waals surface area (Å²) in [6, 6.07) is 18.7. The lowest BCUT2D eigenvalue weighted by atomic mass is 10.1. The fourth-order valence-corrected chi connectivity index (χ4v) is 3.45. The van der Waals surface area contributed by atoms with Crippen LogP contribution in [0, 0.1) is 0 Å². The van der Waals surface area contributed by atoms with Gasteiger partial charge in [-0.2, -0.15) is 0 Å². The molecule has 6 nitrogen and oxygen atoms in total. The maximum absolute atomic E-state index is 12.8. The number of hydrogen-bond donors (Lipinski definition) is 3. The number of pyridine rings is 2. The molecule has 0 bridgehead atoms. The van der Waals surface area contributed by atoms with Gasteiger partial charge in [-0.05, 0) is 73.7 Å². The summed E-state index contributed by atoms with van der Waals surface area (Å²) < 4.78 is 0. The van der Waals surface area contributed by atoms with Crippen LogP contribution < -0.4 is 16.0 Å². The van der Waals surface area contributed by atoms with Crippen molar-refractivity contribution in [1.82, 2.24) is 9.97 Å². The lowest BCUT2D eigenvalue weighted by Crippen LogP contribution is -2.12. The molecular weight excluding hydrogens is 446 g/mol. The molecule has 2 aromatic heterocycles. The zero-order chi connectivity index (χ0) is 25.8. The minimum Gasteiger partial charge on any atom is -0.355 e. The molecule has 4 aromatic rings. The highest BCUT2D eigenvalue weighted by Gasteiger charge is 2.08. The molecule has 1 amide bonds. The van der Waals surface area contributed by atoms with Crippen molar-refractivity contribution in [3.8, 4) is 0 Å². The first-order valence-corrected chi connectivity index (χ1v) is 11.9. The van der Waals surface area contributed by atoms with Gasteiger partial charge < -0.3 is 16.0 Å². The second kappa shape index (κ2) is 13.2. The van der Waals surface area contributed by atoms with Gasteiger partial charge in [-0.25, -0.2) is 0 Å². The van der Waals surface area contributed by atoms with Gasteiger partial charge in [-0.3, -0.25) is 14.8 Å². The summed E-state index contributed by atoms with van der Waals surface area (Å²) in [6.07, 6.45) is 12.8. The number of allylic oxidation sites excluding steroid dienone is 4. The van der Waals surface area contributed by atoms with E-state index in [0.717, 1.165) is 33.7 Å². The van der Waals surface area contributed by atoms with Gasteiger partial charge in [0.1, 0.15) is 0 Å². The predicted octanol–water partition coefficient (Wildman–Crippen LogP) is 7.71. The number of benzene rings is 2. The van der Waals surface area contributed by atoms with Crippen molar-refractivity contribution in [3.05, 3.63) is 121 Å². The van der Waals surface area contributed by atoms with Gasteiger partial charge in [0.25, 0.3) is 5.91 Å². The third kappa shape index (κ3) is 6.90. The molecule has 2 aromatic carbocycles. The summed E-state index contributed by atoms with van der Waals surface area (Å²) in [5, 5.41) is 10.6. The Morgan fingerprint density at radius 3 is 2.39 bits per heavy atom. The van der Waals surface area contributed by atoms with E-state index in [9.17, 15) is 4.79 Å². The predicted molar refractivity (Wildman–Crippen MR) is 152 cm³/mol. The van der Waals surface area contributed by atoms with Gasteiger partial charge >= 0.3 is 0 Å². The summed E-state index contributed by atoms with van der Waals surface area (Å²) in [7, 11) is 0. The summed E-state index contributed by atoms with van der Waals surface area (Å²) in [4.78, 5) is 21.3. The Bertz CT molecular complexity index is 1370. The van der Waals surface area contributed by atoms with Crippen LogP contribution in [0.1, 0.15) is 31.1 Å². The van der Waals surface area contributed by atoms with Crippen LogP contribution in [0.4, 0.5) is 22.7 Å². The second-order valence-corrected chi connectivity index (χ2v) is 7.47. The molecule has 0 fully saturated rings. The number of nitrogens with one attached hydrogen (secondary N) is 3. The fraction of sp³-hybridized carbons (Fsp3) is 0.100. The molecule has 0 spiro atoms. The van der Waals surface area contributed by atoms with E-state index in [0.29, 0.717) is 11.3 Å². The van der Waals surface area contributed by atoms with Crippen molar-refractivity contribution in [2.75, 3.05) is 16.0 Å². The van der Waals surface area contributed by atoms with Gasteiger partial charge in [0.15, 0.2) is 0 Å². The number of nitrogens with zero attached hydrogens (tertiary/aromatic N) is 2. The van der Waals surface area contributed by atoms with E-state index in [-0.39, 0.29) is 5.91 Å². The van der Waals surface area contributed by atoms with Crippen LogP contribution in [0.3, 0.4) is 0 Å². The maximum atomic E-state index is 12.8. The number of aromatic nitrogens is 2. The Morgan fingerprint density at radius 2 is 1.67 bits per heavy atom. The maximum Gasteiger partial charge on any atom is 0.255 e. The molecule has 2 heterocycles. The van der Waals surface area contributed by atoms with Crippen molar-refractivity contribution in [2.45, 2.75) is 20.8 Å². The molecule has 36 heavy (non-hydrogen) atoms. The number of anilines is 4. The Labute approximate surface area is 212 Å². The van der Waals surface area contributed by atoms with Crippen LogP contribution in [0.15, 0.2) is 116 Å². The lowest BCUT2D eigenvalue weighted by molar-refractivity contribution is 0.102. The first-order chi connectivity index (χ1) is 17.7. The van der Waals surface area contributed by atoms with E-state index in [1.165, 1.54) is 0 Å². The first kappa shape index (κ1) is 25.9. The number of hydrogen-bond acceptors (Lipinski definition) is 5. The zero-order valence-corrected chi connectivity index (χ0v) is 20.8. The van der Waals surface area contributed by atoms with Crippen molar-refractivity contribution in [1.29, 1.82) is 0 Å². The minimum absolute atomic E-state index is 0.183. The van der Waals surface area contributed by atoms with Crippen molar-refractivity contribution < 1.29 is 4.79 Å². The number of amides is 1. The highest BCUT2D eigenvalue weighted by Crippen LogP contribution is 2.25. The average molecular weight is 478 g/mol. The number of fused-ring (bicyclic) bond motifs is 1. The first-order valence-electron chi connectivity index (χ1n) is 11.9. The lowest BCUT2D eigenvalue weighted by Gasteiger charge is -2.11. The van der Waals surface area contributed by atoms with Gasteiger partial charge in [0, 0.05) is 52.3 Å². The number of carbonyl (C=O) groups excluding carboxylic acids is 1. The Balaban J connectivity index is 0.00000176.